The molecule has 3 rings (SSSR count). The quantitative estimate of drug-likeness (QED) is 0.393. The number of hydrogen-bond donors (Lipinski definition) is 0. The molecule has 0 spiro atoms. The minimum Gasteiger partial charge on any atom is -0.497 e. The Bertz CT molecular complexity index is 974. The fourth-order valence-corrected chi connectivity index (χ4v) is 4.24. The first kappa shape index (κ1) is 20.9. The predicted octanol–water partition coefficient (Wildman–Crippen LogP) is 3.82. The van der Waals surface area contributed by atoms with E-state index in [0.29, 0.717) is 27.5 Å². The molecule has 1 aliphatic rings. The number of carbonyl (C=O) groups excluding carboxylic acids is 2. The number of carbonyl (C=O) groups is 2. The minimum absolute atomic E-state index is 0.280. The van der Waals surface area contributed by atoms with E-state index in [2.05, 4.69) is 0 Å². The summed E-state index contributed by atoms with van der Waals surface area (Å²) in [5.74, 6) is 0.282. The van der Waals surface area contributed by atoms with Gasteiger partial charge < -0.3 is 14.2 Å². The summed E-state index contributed by atoms with van der Waals surface area (Å²) in [5, 5.41) is 0. The molecule has 2 aromatic carbocycles. The lowest BCUT2D eigenvalue weighted by Crippen LogP contribution is -2.37. The van der Waals surface area contributed by atoms with Gasteiger partial charge in [0, 0.05) is 5.56 Å². The van der Waals surface area contributed by atoms with E-state index in [-0.39, 0.29) is 10.2 Å². The average Bonchev–Trinajstić information content (AvgIpc) is 3.02. The molecule has 150 valence electrons. The number of methoxy groups -OCH3 is 3. The molecule has 0 saturated carbocycles. The molecule has 6 nitrogen and oxygen atoms in total. The third-order valence-electron chi connectivity index (χ3n) is 4.34. The molecule has 1 heterocycles. The van der Waals surface area contributed by atoms with Crippen molar-refractivity contribution in [3.8, 4) is 11.5 Å². The van der Waals surface area contributed by atoms with Crippen molar-refractivity contribution in [1.82, 2.24) is 4.90 Å². The van der Waals surface area contributed by atoms with Crippen LogP contribution in [0.15, 0.2) is 53.4 Å². The van der Waals surface area contributed by atoms with Gasteiger partial charge in [-0.2, -0.15) is 0 Å². The smallest absolute Gasteiger partial charge is 0.333 e. The van der Waals surface area contributed by atoms with Crippen molar-refractivity contribution in [2.75, 3.05) is 21.3 Å². The fourth-order valence-electron chi connectivity index (χ4n) is 2.93. The Kier molecular flexibility index (Phi) is 6.56. The Morgan fingerprint density at radius 3 is 2.45 bits per heavy atom. The van der Waals surface area contributed by atoms with E-state index < -0.39 is 12.0 Å². The first-order valence-electron chi connectivity index (χ1n) is 8.62. The van der Waals surface area contributed by atoms with Crippen molar-refractivity contribution in [3.63, 3.8) is 0 Å². The summed E-state index contributed by atoms with van der Waals surface area (Å²) in [6.45, 7) is 0. The molecule has 1 unspecified atom stereocenters. The SMILES string of the molecule is COC(=O)C(c1ccccc1)N1C(=O)/C(=C/c2cc(OC)ccc2OC)SC1=S. The van der Waals surface area contributed by atoms with Crippen LogP contribution in [0.3, 0.4) is 0 Å². The van der Waals surface area contributed by atoms with Gasteiger partial charge in [0.05, 0.1) is 26.2 Å². The summed E-state index contributed by atoms with van der Waals surface area (Å²) in [6, 6.07) is 13.3. The number of ether oxygens (including phenoxy) is 3. The van der Waals surface area contributed by atoms with Crippen molar-refractivity contribution in [3.05, 3.63) is 64.6 Å². The molecule has 0 N–H and O–H groups in total. The molecule has 2 aromatic rings. The van der Waals surface area contributed by atoms with Crippen LogP contribution < -0.4 is 9.47 Å². The number of esters is 1. The van der Waals surface area contributed by atoms with Gasteiger partial charge in [0.15, 0.2) is 6.04 Å². The molecule has 1 fully saturated rings. The summed E-state index contributed by atoms with van der Waals surface area (Å²) in [4.78, 5) is 27.3. The van der Waals surface area contributed by atoms with Gasteiger partial charge in [0.1, 0.15) is 15.8 Å². The molecule has 0 radical (unpaired) electrons. The zero-order valence-corrected chi connectivity index (χ0v) is 17.7. The second kappa shape index (κ2) is 9.11. The first-order chi connectivity index (χ1) is 14.0. The van der Waals surface area contributed by atoms with Gasteiger partial charge in [-0.3, -0.25) is 9.69 Å². The maximum atomic E-state index is 13.2. The van der Waals surface area contributed by atoms with Crippen LogP contribution in [-0.4, -0.2) is 42.4 Å². The standard InChI is InChI=1S/C21H19NO5S2/c1-25-15-9-10-16(26-2)14(11-15)12-17-19(23)22(21(28)29-17)18(20(24)27-3)13-7-5-4-6-8-13/h4-12,18H,1-3H3/b17-12-. The zero-order chi connectivity index (χ0) is 21.0. The van der Waals surface area contributed by atoms with Crippen molar-refractivity contribution in [2.24, 2.45) is 0 Å². The summed E-state index contributed by atoms with van der Waals surface area (Å²) >= 11 is 6.55. The highest BCUT2D eigenvalue weighted by Gasteiger charge is 2.42. The molecule has 0 aliphatic carbocycles. The van der Waals surface area contributed by atoms with Gasteiger partial charge >= 0.3 is 5.97 Å². The van der Waals surface area contributed by atoms with E-state index in [4.69, 9.17) is 26.4 Å². The lowest BCUT2D eigenvalue weighted by molar-refractivity contribution is -0.148. The number of thioether (sulfide) groups is 1. The van der Waals surface area contributed by atoms with E-state index in [1.54, 1.807) is 62.8 Å². The van der Waals surface area contributed by atoms with Crippen LogP contribution in [0, 0.1) is 0 Å². The van der Waals surface area contributed by atoms with Crippen LogP contribution in [0.25, 0.3) is 6.08 Å². The lowest BCUT2D eigenvalue weighted by Gasteiger charge is -2.24. The van der Waals surface area contributed by atoms with Crippen molar-refractivity contribution in [1.29, 1.82) is 0 Å². The molecule has 1 atom stereocenters. The monoisotopic (exact) mass is 429 g/mol. The van der Waals surface area contributed by atoms with Crippen LogP contribution in [0.5, 0.6) is 11.5 Å². The molecule has 1 saturated heterocycles. The van der Waals surface area contributed by atoms with Gasteiger partial charge in [-0.1, -0.05) is 54.3 Å². The Hall–Kier alpha value is -2.84. The van der Waals surface area contributed by atoms with Crippen molar-refractivity contribution >= 4 is 46.3 Å². The summed E-state index contributed by atoms with van der Waals surface area (Å²) in [7, 11) is 4.39. The predicted molar refractivity (Wildman–Crippen MR) is 116 cm³/mol. The van der Waals surface area contributed by atoms with Crippen LogP contribution in [0.2, 0.25) is 0 Å². The number of hydrogen-bond acceptors (Lipinski definition) is 7. The second-order valence-electron chi connectivity index (χ2n) is 6.00. The average molecular weight is 430 g/mol. The Morgan fingerprint density at radius 1 is 1.10 bits per heavy atom. The maximum Gasteiger partial charge on any atom is 0.333 e. The van der Waals surface area contributed by atoms with Crippen LogP contribution in [0.4, 0.5) is 0 Å². The third-order valence-corrected chi connectivity index (χ3v) is 5.68. The third kappa shape index (κ3) is 4.28. The highest BCUT2D eigenvalue weighted by Crippen LogP contribution is 2.40. The largest absolute Gasteiger partial charge is 0.497 e. The number of thiocarbonyl (C=S) groups is 1. The van der Waals surface area contributed by atoms with Gasteiger partial charge in [0.2, 0.25) is 0 Å². The normalized spacial score (nSPS) is 16.1. The van der Waals surface area contributed by atoms with Crippen LogP contribution in [-0.2, 0) is 14.3 Å². The van der Waals surface area contributed by atoms with Crippen molar-refractivity contribution in [2.45, 2.75) is 6.04 Å². The molecule has 0 aromatic heterocycles. The fraction of sp³-hybridized carbons (Fsp3) is 0.190. The van der Waals surface area contributed by atoms with Gasteiger partial charge in [-0.25, -0.2) is 4.79 Å². The van der Waals surface area contributed by atoms with Gasteiger partial charge in [-0.15, -0.1) is 0 Å². The Balaban J connectivity index is 2.01. The van der Waals surface area contributed by atoms with Crippen molar-refractivity contribution < 1.29 is 23.8 Å². The topological polar surface area (TPSA) is 65.1 Å². The molecular weight excluding hydrogens is 410 g/mol. The van der Waals surface area contributed by atoms with E-state index in [1.165, 1.54) is 12.0 Å². The number of nitrogens with zero attached hydrogens (tertiary/aromatic N) is 1. The van der Waals surface area contributed by atoms with Crippen LogP contribution >= 0.6 is 24.0 Å². The minimum atomic E-state index is -0.952. The maximum absolute atomic E-state index is 13.2. The Labute approximate surface area is 178 Å². The highest BCUT2D eigenvalue weighted by molar-refractivity contribution is 8.26. The summed E-state index contributed by atoms with van der Waals surface area (Å²) in [6.07, 6.45) is 1.68. The van der Waals surface area contributed by atoms with Gasteiger partial charge in [0.25, 0.3) is 5.91 Å². The number of rotatable bonds is 6. The molecular formula is C21H19NO5S2. The molecule has 0 bridgehead atoms. The van der Waals surface area contributed by atoms with E-state index in [0.717, 1.165) is 11.8 Å². The molecule has 1 amide bonds. The molecule has 29 heavy (non-hydrogen) atoms. The molecule has 1 aliphatic heterocycles. The highest BCUT2D eigenvalue weighted by atomic mass is 32.2. The van der Waals surface area contributed by atoms with Gasteiger partial charge in [-0.05, 0) is 29.8 Å². The lowest BCUT2D eigenvalue weighted by atomic mass is 10.1. The number of benzene rings is 2. The molecule has 8 heteroatoms. The van der Waals surface area contributed by atoms with E-state index >= 15 is 0 Å². The zero-order valence-electron chi connectivity index (χ0n) is 16.1. The Morgan fingerprint density at radius 2 is 1.83 bits per heavy atom. The first-order valence-corrected chi connectivity index (χ1v) is 9.84. The summed E-state index contributed by atoms with van der Waals surface area (Å²) < 4.78 is 15.8. The van der Waals surface area contributed by atoms with Crippen LogP contribution in [0.1, 0.15) is 17.2 Å². The second-order valence-corrected chi connectivity index (χ2v) is 7.67. The van der Waals surface area contributed by atoms with E-state index in [9.17, 15) is 9.59 Å². The number of amides is 1. The van der Waals surface area contributed by atoms with E-state index in [1.807, 2.05) is 6.07 Å². The summed E-state index contributed by atoms with van der Waals surface area (Å²) in [5.41, 5.74) is 1.29.